The Morgan fingerprint density at radius 2 is 0.918 bits per heavy atom. The maximum atomic E-state index is 12.3. The van der Waals surface area contributed by atoms with Gasteiger partial charge in [0, 0.05) is 40.9 Å². The second kappa shape index (κ2) is 15.1. The van der Waals surface area contributed by atoms with Gasteiger partial charge in [-0.2, -0.15) is 27.1 Å². The van der Waals surface area contributed by atoms with Crippen LogP contribution < -0.4 is 22.9 Å². The largest absolute Gasteiger partial charge is 0.478 e. The van der Waals surface area contributed by atoms with Crippen LogP contribution >= 0.6 is 0 Å². The number of benzene rings is 4. The van der Waals surface area contributed by atoms with E-state index >= 15 is 0 Å². The molecule has 0 aliphatic heterocycles. The molecule has 0 spiro atoms. The first-order chi connectivity index (χ1) is 22.3. The summed E-state index contributed by atoms with van der Waals surface area (Å²) in [5.74, 6) is -2.78. The first-order valence-corrected chi connectivity index (χ1v) is 16.1. The number of carboxylic acids is 2. The molecule has 0 heterocycles. The average Bonchev–Trinajstić information content (AvgIpc) is 2.97. The number of rotatable bonds is 11. The zero-order chi connectivity index (χ0) is 35.6. The van der Waals surface area contributed by atoms with Crippen LogP contribution in [-0.2, 0) is 33.1 Å². The summed E-state index contributed by atoms with van der Waals surface area (Å²) in [6.45, 7) is 0. The molecular weight excluding hydrogens is 695 g/mol. The smallest absolute Gasteiger partial charge is 0.338 e. The Bertz CT molecular complexity index is 2100. The fraction of sp³-hybridized carbons (Fsp3) is 0.0714. The molecule has 0 unspecified atom stereocenters. The number of hydrogen-bond donors (Lipinski definition) is 8. The molecule has 4 aromatic carbocycles. The minimum Gasteiger partial charge on any atom is -0.478 e. The fourth-order valence-corrected chi connectivity index (χ4v) is 6.04. The molecular formula is C28H26N8NaO10S2. The van der Waals surface area contributed by atoms with Crippen molar-refractivity contribution in [3.05, 3.63) is 82.9 Å². The van der Waals surface area contributed by atoms with E-state index in [4.69, 9.17) is 22.9 Å². The second-order valence-corrected chi connectivity index (χ2v) is 12.8. The van der Waals surface area contributed by atoms with Crippen molar-refractivity contribution in [2.75, 3.05) is 22.9 Å². The number of nitrogen functional groups attached to an aromatic ring is 4. The minimum atomic E-state index is -4.87. The van der Waals surface area contributed by atoms with Gasteiger partial charge >= 0.3 is 11.9 Å². The molecule has 251 valence electrons. The first-order valence-electron chi connectivity index (χ1n) is 13.2. The summed E-state index contributed by atoms with van der Waals surface area (Å²) in [6.07, 6.45) is -0.345. The Hall–Kier alpha value is -4.96. The molecule has 0 fully saturated rings. The average molecular weight is 722 g/mol. The number of carboxylic acid groups (broad SMARTS) is 2. The van der Waals surface area contributed by atoms with E-state index in [0.717, 1.165) is 24.3 Å². The van der Waals surface area contributed by atoms with Crippen molar-refractivity contribution in [3.63, 3.8) is 0 Å². The molecule has 21 heteroatoms. The van der Waals surface area contributed by atoms with Crippen molar-refractivity contribution >= 4 is 107 Å². The third-order valence-corrected chi connectivity index (χ3v) is 8.51. The van der Waals surface area contributed by atoms with Gasteiger partial charge in [-0.25, -0.2) is 9.59 Å². The number of anilines is 4. The van der Waals surface area contributed by atoms with E-state index in [9.17, 15) is 45.7 Å². The molecule has 4 aromatic rings. The normalized spacial score (nSPS) is 11.9. The van der Waals surface area contributed by atoms with Crippen molar-refractivity contribution in [2.45, 2.75) is 22.6 Å². The molecule has 1 radical (unpaired) electrons. The molecule has 0 saturated heterocycles. The van der Waals surface area contributed by atoms with Crippen LogP contribution in [0.1, 0.15) is 31.8 Å². The van der Waals surface area contributed by atoms with Crippen LogP contribution in [0.5, 0.6) is 0 Å². The zero-order valence-corrected chi connectivity index (χ0v) is 29.0. The number of azo groups is 2. The van der Waals surface area contributed by atoms with E-state index < -0.39 is 42.0 Å². The maximum Gasteiger partial charge on any atom is 0.338 e. The number of hydrogen-bond acceptors (Lipinski definition) is 14. The summed E-state index contributed by atoms with van der Waals surface area (Å²) >= 11 is 0. The molecule has 0 amide bonds. The van der Waals surface area contributed by atoms with Crippen molar-refractivity contribution in [2.24, 2.45) is 20.5 Å². The summed E-state index contributed by atoms with van der Waals surface area (Å²) < 4.78 is 68.8. The summed E-state index contributed by atoms with van der Waals surface area (Å²) in [5, 5.41) is 34.2. The van der Waals surface area contributed by atoms with Crippen molar-refractivity contribution in [3.8, 4) is 0 Å². The molecule has 0 aliphatic rings. The van der Waals surface area contributed by atoms with Crippen LogP contribution in [0.2, 0.25) is 0 Å². The van der Waals surface area contributed by atoms with Gasteiger partial charge in [-0.15, -0.1) is 10.2 Å². The van der Waals surface area contributed by atoms with Crippen LogP contribution in [0.25, 0.3) is 0 Å². The first kappa shape index (κ1) is 38.5. The topological polar surface area (TPSA) is 337 Å². The monoisotopic (exact) mass is 721 g/mol. The summed E-state index contributed by atoms with van der Waals surface area (Å²) in [4.78, 5) is 22.0. The van der Waals surface area contributed by atoms with Gasteiger partial charge in [-0.1, -0.05) is 12.1 Å². The Kier molecular flexibility index (Phi) is 11.8. The zero-order valence-electron chi connectivity index (χ0n) is 25.3. The van der Waals surface area contributed by atoms with E-state index in [0.29, 0.717) is 0 Å². The fourth-order valence-electron chi connectivity index (χ4n) is 4.50. The van der Waals surface area contributed by atoms with Crippen LogP contribution in [0, 0.1) is 0 Å². The molecule has 4 rings (SSSR count). The number of nitrogens with zero attached hydrogens (tertiary/aromatic N) is 4. The molecule has 0 atom stereocenters. The van der Waals surface area contributed by atoms with E-state index in [1.165, 1.54) is 36.4 Å². The SMILES string of the molecule is Nc1cc(N)c(N=Nc2ccc(CCc3ccc(N=Nc4c(N)cc(N)cc4C(=O)O)cc3S(=O)(=O)O)c(S(=O)(=O)O)c2)c(C(=O)O)c1.[Na]. The summed E-state index contributed by atoms with van der Waals surface area (Å²) in [6, 6.07) is 11.8. The molecule has 0 aliphatic carbocycles. The third-order valence-electron chi connectivity index (χ3n) is 6.64. The van der Waals surface area contributed by atoms with Gasteiger partial charge in [-0.3, -0.25) is 9.11 Å². The van der Waals surface area contributed by atoms with Gasteiger partial charge in [0.15, 0.2) is 0 Å². The van der Waals surface area contributed by atoms with Gasteiger partial charge < -0.3 is 33.1 Å². The standard InChI is InChI=1S/C28H26N8O10S2.Na/c29-15-7-19(27(37)38)25(21(31)9-15)35-33-17-5-3-13(23(11-17)47(41,42)43)1-2-14-4-6-18(12-24(14)48(44,45)46)34-36-26-20(28(39)40)8-16(30)10-22(26)32;/h3-12H,1-2,29-32H2,(H,37,38)(H,39,40)(H,41,42,43)(H,44,45,46);. The van der Waals surface area contributed by atoms with Crippen LogP contribution in [0.3, 0.4) is 0 Å². The van der Waals surface area contributed by atoms with Crippen LogP contribution in [-0.4, -0.2) is 77.7 Å². The Balaban J connectivity index is 0.00000650. The molecule has 0 bridgehead atoms. The number of aryl methyl sites for hydroxylation is 2. The maximum absolute atomic E-state index is 12.3. The Morgan fingerprint density at radius 3 is 1.22 bits per heavy atom. The third kappa shape index (κ3) is 9.35. The van der Waals surface area contributed by atoms with Crippen LogP contribution in [0.4, 0.5) is 45.5 Å². The van der Waals surface area contributed by atoms with Crippen LogP contribution in [0.15, 0.2) is 90.9 Å². The van der Waals surface area contributed by atoms with E-state index in [1.807, 2.05) is 0 Å². The van der Waals surface area contributed by atoms with E-state index in [-0.39, 0.29) is 110 Å². The number of aromatic carboxylic acids is 2. The Labute approximate surface area is 300 Å². The van der Waals surface area contributed by atoms with Gasteiger partial charge in [-0.05, 0) is 72.5 Å². The van der Waals surface area contributed by atoms with Crippen molar-refractivity contribution < 1.29 is 45.7 Å². The minimum absolute atomic E-state index is 0. The van der Waals surface area contributed by atoms with E-state index in [1.54, 1.807) is 0 Å². The van der Waals surface area contributed by atoms with Gasteiger partial charge in [0.2, 0.25) is 0 Å². The second-order valence-electron chi connectivity index (χ2n) is 10.1. The van der Waals surface area contributed by atoms with E-state index in [2.05, 4.69) is 20.5 Å². The van der Waals surface area contributed by atoms with Gasteiger partial charge in [0.1, 0.15) is 11.4 Å². The van der Waals surface area contributed by atoms with Crippen molar-refractivity contribution in [1.29, 1.82) is 0 Å². The molecule has 0 saturated carbocycles. The molecule has 49 heavy (non-hydrogen) atoms. The predicted octanol–water partition coefficient (Wildman–Crippen LogP) is 4.14. The molecule has 12 N–H and O–H groups in total. The molecule has 0 aromatic heterocycles. The molecule has 18 nitrogen and oxygen atoms in total. The van der Waals surface area contributed by atoms with Gasteiger partial charge in [0.25, 0.3) is 20.2 Å². The summed E-state index contributed by atoms with van der Waals surface area (Å²) in [7, 11) is -9.73. The van der Waals surface area contributed by atoms with Gasteiger partial charge in [0.05, 0.1) is 43.7 Å². The number of nitrogens with two attached hydrogens (primary N) is 4. The Morgan fingerprint density at radius 1 is 0.571 bits per heavy atom. The predicted molar refractivity (Wildman–Crippen MR) is 178 cm³/mol. The summed E-state index contributed by atoms with van der Waals surface area (Å²) in [5.41, 5.74) is 21.5. The number of carbonyl (C=O) groups is 2. The van der Waals surface area contributed by atoms with Crippen molar-refractivity contribution in [1.82, 2.24) is 0 Å². The quantitative estimate of drug-likeness (QED) is 0.0467.